The number of amides is 3. The van der Waals surface area contributed by atoms with E-state index in [-0.39, 0.29) is 25.5 Å². The number of methoxy groups -OCH3 is 1. The normalized spacial score (nSPS) is 11.4. The third-order valence-corrected chi connectivity index (χ3v) is 5.12. The van der Waals surface area contributed by atoms with E-state index in [1.165, 1.54) is 14.0 Å². The van der Waals surface area contributed by atoms with Crippen LogP contribution in [0, 0.1) is 0 Å². The molecule has 0 saturated carbocycles. The fraction of sp³-hybridized carbons (Fsp3) is 0.600. The third kappa shape index (κ3) is 18.9. The maximum absolute atomic E-state index is 11.8. The SMILES string of the molecule is CC(=O)NCSC(C)C.COC(=O)C(Cc1ccc(OCCNC(=O)OC(C)(C)C)cc1)NC(=O)CN. The fourth-order valence-electron chi connectivity index (χ4n) is 2.49. The Morgan fingerprint density at radius 2 is 1.68 bits per heavy atom. The van der Waals surface area contributed by atoms with E-state index in [1.807, 2.05) is 0 Å². The number of ether oxygens (including phenoxy) is 3. The number of nitrogens with two attached hydrogens (primary N) is 1. The Morgan fingerprint density at radius 3 is 2.16 bits per heavy atom. The zero-order valence-electron chi connectivity index (χ0n) is 22.8. The summed E-state index contributed by atoms with van der Waals surface area (Å²) >= 11 is 1.73. The summed E-state index contributed by atoms with van der Waals surface area (Å²) in [6.07, 6.45) is -0.237. The minimum atomic E-state index is -0.814. The first kappa shape index (κ1) is 34.0. The maximum Gasteiger partial charge on any atom is 0.407 e. The van der Waals surface area contributed by atoms with Crippen LogP contribution in [0.1, 0.15) is 47.1 Å². The zero-order valence-corrected chi connectivity index (χ0v) is 23.7. The number of carbonyl (C=O) groups is 4. The van der Waals surface area contributed by atoms with Gasteiger partial charge in [-0.15, -0.1) is 11.8 Å². The van der Waals surface area contributed by atoms with Crippen LogP contribution in [-0.4, -0.2) is 73.5 Å². The van der Waals surface area contributed by atoms with Gasteiger partial charge in [0.05, 0.1) is 26.1 Å². The molecule has 0 saturated heterocycles. The number of thioether (sulfide) groups is 1. The van der Waals surface area contributed by atoms with Crippen LogP contribution in [0.4, 0.5) is 4.79 Å². The molecule has 0 fully saturated rings. The molecule has 11 nitrogen and oxygen atoms in total. The molecule has 0 aromatic heterocycles. The van der Waals surface area contributed by atoms with Crippen molar-refractivity contribution in [3.05, 3.63) is 29.8 Å². The Balaban J connectivity index is 0.00000122. The van der Waals surface area contributed by atoms with Gasteiger partial charge in [0.15, 0.2) is 0 Å². The number of carbonyl (C=O) groups excluding carboxylic acids is 4. The summed E-state index contributed by atoms with van der Waals surface area (Å²) in [5, 5.41) is 8.42. The van der Waals surface area contributed by atoms with Gasteiger partial charge in [-0.2, -0.15) is 0 Å². The molecule has 1 unspecified atom stereocenters. The minimum absolute atomic E-state index is 0.0446. The van der Waals surface area contributed by atoms with Crippen LogP contribution in [0.25, 0.3) is 0 Å². The lowest BCUT2D eigenvalue weighted by Gasteiger charge is -2.19. The Hall–Kier alpha value is -2.99. The van der Waals surface area contributed by atoms with Crippen LogP contribution in [0.3, 0.4) is 0 Å². The van der Waals surface area contributed by atoms with Crippen LogP contribution in [-0.2, 0) is 30.3 Å². The quantitative estimate of drug-likeness (QED) is 0.176. The molecule has 1 aromatic rings. The molecule has 0 heterocycles. The second-order valence-electron chi connectivity index (χ2n) is 9.07. The van der Waals surface area contributed by atoms with Crippen LogP contribution in [0.15, 0.2) is 24.3 Å². The van der Waals surface area contributed by atoms with E-state index < -0.39 is 29.6 Å². The lowest BCUT2D eigenvalue weighted by Crippen LogP contribution is -2.45. The van der Waals surface area contributed by atoms with E-state index in [0.717, 1.165) is 11.4 Å². The molecule has 12 heteroatoms. The van der Waals surface area contributed by atoms with Gasteiger partial charge in [-0.1, -0.05) is 26.0 Å². The summed E-state index contributed by atoms with van der Waals surface area (Å²) in [6, 6.07) is 6.22. The Labute approximate surface area is 223 Å². The van der Waals surface area contributed by atoms with Crippen molar-refractivity contribution in [1.82, 2.24) is 16.0 Å². The number of rotatable bonds is 12. The highest BCUT2D eigenvalue weighted by molar-refractivity contribution is 7.99. The van der Waals surface area contributed by atoms with Gasteiger partial charge in [0, 0.05) is 18.6 Å². The predicted octanol–water partition coefficient (Wildman–Crippen LogP) is 1.97. The highest BCUT2D eigenvalue weighted by Gasteiger charge is 2.21. The van der Waals surface area contributed by atoms with Gasteiger partial charge in [-0.3, -0.25) is 9.59 Å². The number of nitrogens with one attached hydrogen (secondary N) is 3. The topological polar surface area (TPSA) is 158 Å². The van der Waals surface area contributed by atoms with Gasteiger partial charge in [-0.05, 0) is 38.5 Å². The molecule has 5 N–H and O–H groups in total. The van der Waals surface area contributed by atoms with Crippen molar-refractivity contribution < 1.29 is 33.4 Å². The van der Waals surface area contributed by atoms with Crippen molar-refractivity contribution in [3.63, 3.8) is 0 Å². The molecule has 0 aliphatic heterocycles. The minimum Gasteiger partial charge on any atom is -0.492 e. The first-order valence-corrected chi connectivity index (χ1v) is 12.9. The van der Waals surface area contributed by atoms with Crippen molar-refractivity contribution >= 4 is 35.6 Å². The molecular formula is C25H42N4O7S. The monoisotopic (exact) mass is 542 g/mol. The molecule has 1 atom stereocenters. The lowest BCUT2D eigenvalue weighted by atomic mass is 10.1. The number of hydrogen-bond donors (Lipinski definition) is 4. The summed E-state index contributed by atoms with van der Waals surface area (Å²) in [7, 11) is 1.26. The molecule has 0 radical (unpaired) electrons. The van der Waals surface area contributed by atoms with Gasteiger partial charge in [-0.25, -0.2) is 9.59 Å². The average molecular weight is 543 g/mol. The summed E-state index contributed by atoms with van der Waals surface area (Å²) in [5.74, 6) is 0.397. The molecule has 1 rings (SSSR count). The lowest BCUT2D eigenvalue weighted by molar-refractivity contribution is -0.144. The second kappa shape index (κ2) is 18.3. The third-order valence-electron chi connectivity index (χ3n) is 4.15. The summed E-state index contributed by atoms with van der Waals surface area (Å²) < 4.78 is 15.4. The second-order valence-corrected chi connectivity index (χ2v) is 10.6. The van der Waals surface area contributed by atoms with Gasteiger partial charge in [0.1, 0.15) is 24.0 Å². The molecule has 37 heavy (non-hydrogen) atoms. The summed E-state index contributed by atoms with van der Waals surface area (Å²) in [4.78, 5) is 45.1. The Morgan fingerprint density at radius 1 is 1.05 bits per heavy atom. The van der Waals surface area contributed by atoms with Crippen LogP contribution < -0.4 is 26.4 Å². The number of alkyl carbamates (subject to hydrolysis) is 1. The van der Waals surface area contributed by atoms with Crippen molar-refractivity contribution in [2.45, 2.75) is 64.9 Å². The molecular weight excluding hydrogens is 500 g/mol. The largest absolute Gasteiger partial charge is 0.492 e. The van der Waals surface area contributed by atoms with Gasteiger partial charge in [0.2, 0.25) is 11.8 Å². The number of benzene rings is 1. The average Bonchev–Trinajstić information content (AvgIpc) is 2.80. The van der Waals surface area contributed by atoms with Crippen molar-refractivity contribution in [2.24, 2.45) is 5.73 Å². The number of esters is 1. The maximum atomic E-state index is 11.8. The van der Waals surface area contributed by atoms with Crippen LogP contribution in [0.2, 0.25) is 0 Å². The smallest absolute Gasteiger partial charge is 0.407 e. The molecule has 1 aromatic carbocycles. The van der Waals surface area contributed by atoms with E-state index in [9.17, 15) is 19.2 Å². The van der Waals surface area contributed by atoms with E-state index in [2.05, 4.69) is 29.8 Å². The van der Waals surface area contributed by atoms with E-state index in [1.54, 1.807) is 56.8 Å². The Kier molecular flexibility index (Phi) is 16.8. The molecule has 0 aliphatic rings. The molecule has 0 bridgehead atoms. The fourth-order valence-corrected chi connectivity index (χ4v) is 3.11. The molecule has 3 amide bonds. The van der Waals surface area contributed by atoms with E-state index in [0.29, 0.717) is 17.5 Å². The van der Waals surface area contributed by atoms with E-state index >= 15 is 0 Å². The van der Waals surface area contributed by atoms with Gasteiger partial charge < -0.3 is 35.9 Å². The standard InChI is InChI=1S/C19H29N3O6.C6H13NOS/c1-19(2,3)28-18(25)21-9-10-27-14-7-5-13(6-8-14)11-15(17(24)26-4)22-16(23)12-20;1-5(2)9-4-7-6(3)8/h5-8,15H,9-12,20H2,1-4H3,(H,21,25)(H,22,23);5H,4H2,1-3H3,(H,7,8). The van der Waals surface area contributed by atoms with Gasteiger partial charge in [0.25, 0.3) is 0 Å². The zero-order chi connectivity index (χ0) is 28.4. The molecule has 210 valence electrons. The van der Waals surface area contributed by atoms with E-state index in [4.69, 9.17) is 19.9 Å². The predicted molar refractivity (Wildman–Crippen MR) is 144 cm³/mol. The molecule has 0 spiro atoms. The first-order valence-electron chi connectivity index (χ1n) is 11.9. The highest BCUT2D eigenvalue weighted by Crippen LogP contribution is 2.14. The van der Waals surface area contributed by atoms with Crippen LogP contribution >= 0.6 is 11.8 Å². The van der Waals surface area contributed by atoms with Crippen molar-refractivity contribution in [1.29, 1.82) is 0 Å². The molecule has 0 aliphatic carbocycles. The van der Waals surface area contributed by atoms with Crippen molar-refractivity contribution in [2.75, 3.05) is 32.7 Å². The van der Waals surface area contributed by atoms with Crippen LogP contribution in [0.5, 0.6) is 5.75 Å². The highest BCUT2D eigenvalue weighted by atomic mass is 32.2. The summed E-state index contributed by atoms with van der Waals surface area (Å²) in [5.41, 5.74) is 5.53. The summed E-state index contributed by atoms with van der Waals surface area (Å²) in [6.45, 7) is 11.5. The van der Waals surface area contributed by atoms with Crippen molar-refractivity contribution in [3.8, 4) is 5.75 Å². The number of hydrogen-bond acceptors (Lipinski definition) is 9. The first-order chi connectivity index (χ1) is 17.3. The van der Waals surface area contributed by atoms with Gasteiger partial charge >= 0.3 is 12.1 Å². The Bertz CT molecular complexity index is 842.